The number of hydrogen-bond acceptors (Lipinski definition) is 4. The Morgan fingerprint density at radius 3 is 2.93 bits per heavy atom. The predicted molar refractivity (Wildman–Crippen MR) is 58.9 cm³/mol. The number of carboxylic acid groups (broad SMARTS) is 1. The molecule has 0 aromatic carbocycles. The van der Waals surface area contributed by atoms with E-state index in [1.54, 1.807) is 0 Å². The van der Waals surface area contributed by atoms with Crippen molar-refractivity contribution in [2.45, 2.75) is 6.10 Å². The molecule has 3 N–H and O–H groups in total. The molecule has 15 heavy (non-hydrogen) atoms. The van der Waals surface area contributed by atoms with Gasteiger partial charge in [0.1, 0.15) is 0 Å². The molecule has 82 valence electrons. The molecular weight excluding hydrogens is 214 g/mol. The molecule has 1 rings (SSSR count). The molecule has 0 amide bonds. The summed E-state index contributed by atoms with van der Waals surface area (Å²) in [6.07, 6.45) is -0.599. The molecule has 1 atom stereocenters. The molecule has 0 fully saturated rings. The number of aliphatic carboxylic acids is 1. The van der Waals surface area contributed by atoms with Gasteiger partial charge in [-0.25, -0.2) is 4.79 Å². The zero-order valence-corrected chi connectivity index (χ0v) is 8.96. The third kappa shape index (κ3) is 3.83. The predicted octanol–water partition coefficient (Wildman–Crippen LogP) is 1.01. The smallest absolute Gasteiger partial charge is 0.332 e. The zero-order valence-electron chi connectivity index (χ0n) is 8.14. The first kappa shape index (κ1) is 11.9. The fourth-order valence-corrected chi connectivity index (χ4v) is 1.72. The summed E-state index contributed by atoms with van der Waals surface area (Å²) in [5.74, 6) is -1.02. The SMILES string of the molecule is C=C(CNCC(O)c1ccsc1)C(=O)O. The Morgan fingerprint density at radius 1 is 1.67 bits per heavy atom. The van der Waals surface area contributed by atoms with Crippen molar-refractivity contribution < 1.29 is 15.0 Å². The van der Waals surface area contributed by atoms with E-state index >= 15 is 0 Å². The fourth-order valence-electron chi connectivity index (χ4n) is 1.02. The molecule has 0 radical (unpaired) electrons. The van der Waals surface area contributed by atoms with E-state index in [4.69, 9.17) is 5.11 Å². The van der Waals surface area contributed by atoms with E-state index in [-0.39, 0.29) is 12.1 Å². The van der Waals surface area contributed by atoms with Gasteiger partial charge >= 0.3 is 5.97 Å². The van der Waals surface area contributed by atoms with Gasteiger partial charge in [0.25, 0.3) is 0 Å². The Kier molecular flexibility index (Phi) is 4.48. The molecule has 0 saturated heterocycles. The molecule has 1 unspecified atom stereocenters. The van der Waals surface area contributed by atoms with E-state index < -0.39 is 12.1 Å². The average molecular weight is 227 g/mol. The van der Waals surface area contributed by atoms with Crippen molar-refractivity contribution in [1.82, 2.24) is 5.32 Å². The van der Waals surface area contributed by atoms with Crippen LogP contribution in [0.15, 0.2) is 29.0 Å². The standard InChI is InChI=1S/C10H13NO3S/c1-7(10(13)14)4-11-5-9(12)8-2-3-15-6-8/h2-3,6,9,11-12H,1,4-5H2,(H,13,14). The summed E-state index contributed by atoms with van der Waals surface area (Å²) in [5, 5.41) is 24.7. The number of nitrogens with one attached hydrogen (secondary N) is 1. The maximum absolute atomic E-state index is 10.4. The number of aliphatic hydroxyl groups is 1. The summed E-state index contributed by atoms with van der Waals surface area (Å²) in [6, 6.07) is 1.84. The van der Waals surface area contributed by atoms with Gasteiger partial charge < -0.3 is 15.5 Å². The van der Waals surface area contributed by atoms with E-state index in [0.29, 0.717) is 6.54 Å². The summed E-state index contributed by atoms with van der Waals surface area (Å²) in [7, 11) is 0. The Hall–Kier alpha value is -1.17. The van der Waals surface area contributed by atoms with Crippen molar-refractivity contribution in [1.29, 1.82) is 0 Å². The second-order valence-corrected chi connectivity index (χ2v) is 3.89. The summed E-state index contributed by atoms with van der Waals surface area (Å²) in [5.41, 5.74) is 0.931. The molecule has 0 saturated carbocycles. The summed E-state index contributed by atoms with van der Waals surface area (Å²) in [6.45, 7) is 3.87. The summed E-state index contributed by atoms with van der Waals surface area (Å²) in [4.78, 5) is 10.4. The van der Waals surface area contributed by atoms with Crippen LogP contribution in [0.4, 0.5) is 0 Å². The highest BCUT2D eigenvalue weighted by molar-refractivity contribution is 7.07. The van der Waals surface area contributed by atoms with Crippen LogP contribution < -0.4 is 5.32 Å². The topological polar surface area (TPSA) is 69.6 Å². The molecule has 0 aliphatic heterocycles. The highest BCUT2D eigenvalue weighted by Gasteiger charge is 2.08. The third-order valence-corrected chi connectivity index (χ3v) is 2.61. The number of rotatable bonds is 6. The van der Waals surface area contributed by atoms with Crippen molar-refractivity contribution in [3.63, 3.8) is 0 Å². The maximum Gasteiger partial charge on any atom is 0.332 e. The van der Waals surface area contributed by atoms with E-state index in [1.807, 2.05) is 16.8 Å². The van der Waals surface area contributed by atoms with E-state index in [2.05, 4.69) is 11.9 Å². The van der Waals surface area contributed by atoms with Gasteiger partial charge in [0.2, 0.25) is 0 Å². The number of thiophene rings is 1. The lowest BCUT2D eigenvalue weighted by Crippen LogP contribution is -2.25. The number of aliphatic hydroxyl groups excluding tert-OH is 1. The molecule has 0 spiro atoms. The average Bonchev–Trinajstić information content (AvgIpc) is 2.70. The third-order valence-electron chi connectivity index (χ3n) is 1.91. The van der Waals surface area contributed by atoms with Crippen LogP contribution >= 0.6 is 11.3 Å². The maximum atomic E-state index is 10.4. The van der Waals surface area contributed by atoms with Crippen molar-refractivity contribution in [2.75, 3.05) is 13.1 Å². The van der Waals surface area contributed by atoms with Crippen molar-refractivity contribution in [3.8, 4) is 0 Å². The van der Waals surface area contributed by atoms with Crippen LogP contribution in [0, 0.1) is 0 Å². The monoisotopic (exact) mass is 227 g/mol. The van der Waals surface area contributed by atoms with E-state index in [1.165, 1.54) is 11.3 Å². The highest BCUT2D eigenvalue weighted by atomic mass is 32.1. The quantitative estimate of drug-likeness (QED) is 0.634. The van der Waals surface area contributed by atoms with Gasteiger partial charge in [-0.1, -0.05) is 6.58 Å². The van der Waals surface area contributed by atoms with Crippen molar-refractivity contribution >= 4 is 17.3 Å². The first-order valence-electron chi connectivity index (χ1n) is 4.43. The van der Waals surface area contributed by atoms with Crippen molar-refractivity contribution in [3.05, 3.63) is 34.5 Å². The van der Waals surface area contributed by atoms with E-state index in [9.17, 15) is 9.90 Å². The Balaban J connectivity index is 2.26. The van der Waals surface area contributed by atoms with Crippen LogP contribution in [0.2, 0.25) is 0 Å². The van der Waals surface area contributed by atoms with Gasteiger partial charge in [-0.3, -0.25) is 0 Å². The largest absolute Gasteiger partial charge is 0.478 e. The molecule has 1 aromatic rings. The second kappa shape index (κ2) is 5.65. The van der Waals surface area contributed by atoms with Crippen LogP contribution in [0.5, 0.6) is 0 Å². The summed E-state index contributed by atoms with van der Waals surface area (Å²) >= 11 is 1.51. The van der Waals surface area contributed by atoms with Gasteiger partial charge in [-0.15, -0.1) is 0 Å². The van der Waals surface area contributed by atoms with E-state index in [0.717, 1.165) is 5.56 Å². The molecule has 1 heterocycles. The van der Waals surface area contributed by atoms with Crippen LogP contribution in [-0.2, 0) is 4.79 Å². The normalized spacial score (nSPS) is 12.3. The van der Waals surface area contributed by atoms with Gasteiger partial charge in [0, 0.05) is 18.7 Å². The minimum atomic E-state index is -1.02. The highest BCUT2D eigenvalue weighted by Crippen LogP contribution is 2.14. The molecule has 1 aromatic heterocycles. The molecule has 0 bridgehead atoms. The van der Waals surface area contributed by atoms with Crippen LogP contribution in [-0.4, -0.2) is 29.3 Å². The second-order valence-electron chi connectivity index (χ2n) is 3.11. The Morgan fingerprint density at radius 2 is 2.40 bits per heavy atom. The van der Waals surface area contributed by atoms with Gasteiger partial charge in [-0.05, 0) is 22.4 Å². The molecule has 4 nitrogen and oxygen atoms in total. The lowest BCUT2D eigenvalue weighted by atomic mass is 10.2. The van der Waals surface area contributed by atoms with Gasteiger partial charge in [0.05, 0.1) is 6.10 Å². The van der Waals surface area contributed by atoms with Crippen LogP contribution in [0.1, 0.15) is 11.7 Å². The minimum Gasteiger partial charge on any atom is -0.478 e. The number of carbonyl (C=O) groups is 1. The Bertz CT molecular complexity index is 334. The van der Waals surface area contributed by atoms with Crippen LogP contribution in [0.25, 0.3) is 0 Å². The molecule has 5 heteroatoms. The fraction of sp³-hybridized carbons (Fsp3) is 0.300. The zero-order chi connectivity index (χ0) is 11.3. The van der Waals surface area contributed by atoms with Crippen LogP contribution in [0.3, 0.4) is 0 Å². The minimum absolute atomic E-state index is 0.0903. The molecule has 0 aliphatic carbocycles. The first-order valence-corrected chi connectivity index (χ1v) is 5.37. The lowest BCUT2D eigenvalue weighted by Gasteiger charge is -2.10. The van der Waals surface area contributed by atoms with Gasteiger partial charge in [-0.2, -0.15) is 11.3 Å². The molecular formula is C10H13NO3S. The lowest BCUT2D eigenvalue weighted by molar-refractivity contribution is -0.132. The number of hydrogen-bond donors (Lipinski definition) is 3. The summed E-state index contributed by atoms with van der Waals surface area (Å²) < 4.78 is 0. The van der Waals surface area contributed by atoms with Crippen molar-refractivity contribution in [2.24, 2.45) is 0 Å². The Labute approximate surface area is 91.9 Å². The first-order chi connectivity index (χ1) is 7.11. The molecule has 0 aliphatic rings. The van der Waals surface area contributed by atoms with Gasteiger partial charge in [0.15, 0.2) is 0 Å². The number of carboxylic acids is 1.